The molecule has 0 bridgehead atoms. The number of rotatable bonds is 4. The molecule has 15 heavy (non-hydrogen) atoms. The number of nitrogens with zero attached hydrogens (tertiary/aromatic N) is 1. The lowest BCUT2D eigenvalue weighted by Gasteiger charge is -2.27. The fourth-order valence-electron chi connectivity index (χ4n) is 2.06. The molecule has 0 aromatic rings. The second-order valence-corrected chi connectivity index (χ2v) is 4.31. The molecule has 0 N–H and O–H groups in total. The maximum absolute atomic E-state index is 5.51. The van der Waals surface area contributed by atoms with Crippen LogP contribution in [0.25, 0.3) is 0 Å². The molecule has 0 saturated carbocycles. The summed E-state index contributed by atoms with van der Waals surface area (Å²) < 4.78 is 16.4. The van der Waals surface area contributed by atoms with Gasteiger partial charge in [-0.15, -0.1) is 0 Å². The third-order valence-electron chi connectivity index (χ3n) is 3.14. The minimum absolute atomic E-state index is 0.0171. The first-order valence-corrected chi connectivity index (χ1v) is 5.87. The van der Waals surface area contributed by atoms with Gasteiger partial charge in [-0.1, -0.05) is 0 Å². The molecule has 0 aromatic carbocycles. The molecule has 0 amide bonds. The van der Waals surface area contributed by atoms with Crippen molar-refractivity contribution in [2.24, 2.45) is 0 Å². The lowest BCUT2D eigenvalue weighted by molar-refractivity contribution is -0.182. The van der Waals surface area contributed by atoms with Gasteiger partial charge in [0.2, 0.25) is 0 Å². The smallest absolute Gasteiger partial charge is 0.158 e. The molecule has 1 unspecified atom stereocenters. The van der Waals surface area contributed by atoms with E-state index in [0.717, 1.165) is 52.2 Å². The zero-order valence-electron chi connectivity index (χ0n) is 9.48. The van der Waals surface area contributed by atoms with Crippen molar-refractivity contribution in [1.29, 1.82) is 0 Å². The summed E-state index contributed by atoms with van der Waals surface area (Å²) in [7, 11) is 2.15. The Morgan fingerprint density at radius 2 is 2.00 bits per heavy atom. The Morgan fingerprint density at radius 3 is 2.67 bits per heavy atom. The van der Waals surface area contributed by atoms with E-state index in [2.05, 4.69) is 11.9 Å². The molecule has 2 aliphatic rings. The highest BCUT2D eigenvalue weighted by Gasteiger charge is 2.21. The van der Waals surface area contributed by atoms with Crippen LogP contribution in [-0.2, 0) is 14.2 Å². The van der Waals surface area contributed by atoms with Crippen LogP contribution in [0, 0.1) is 0 Å². The van der Waals surface area contributed by atoms with Crippen LogP contribution in [0.3, 0.4) is 0 Å². The SMILES string of the molecule is CN(CCC1OCCCO1)C1CCOC1. The number of hydrogen-bond donors (Lipinski definition) is 0. The molecular formula is C11H21NO3. The molecule has 1 atom stereocenters. The van der Waals surface area contributed by atoms with Gasteiger partial charge in [-0.05, 0) is 19.9 Å². The summed E-state index contributed by atoms with van der Waals surface area (Å²) in [5.74, 6) is 0. The van der Waals surface area contributed by atoms with Gasteiger partial charge >= 0.3 is 0 Å². The molecule has 0 aliphatic carbocycles. The highest BCUT2D eigenvalue weighted by molar-refractivity contribution is 4.73. The second-order valence-electron chi connectivity index (χ2n) is 4.31. The van der Waals surface area contributed by atoms with Crippen LogP contribution in [0.2, 0.25) is 0 Å². The van der Waals surface area contributed by atoms with Gasteiger partial charge in [-0.3, -0.25) is 0 Å². The summed E-state index contributed by atoms with van der Waals surface area (Å²) in [6.07, 6.45) is 3.17. The van der Waals surface area contributed by atoms with Crippen molar-refractivity contribution < 1.29 is 14.2 Å². The monoisotopic (exact) mass is 215 g/mol. The molecule has 0 radical (unpaired) electrons. The first-order valence-electron chi connectivity index (χ1n) is 5.87. The van der Waals surface area contributed by atoms with Crippen molar-refractivity contribution >= 4 is 0 Å². The molecule has 2 rings (SSSR count). The normalized spacial score (nSPS) is 28.8. The van der Waals surface area contributed by atoms with Crippen LogP contribution >= 0.6 is 0 Å². The Labute approximate surface area is 91.5 Å². The van der Waals surface area contributed by atoms with E-state index >= 15 is 0 Å². The highest BCUT2D eigenvalue weighted by Crippen LogP contribution is 2.13. The maximum atomic E-state index is 5.51. The van der Waals surface area contributed by atoms with Crippen molar-refractivity contribution in [1.82, 2.24) is 4.90 Å². The molecule has 2 aliphatic heterocycles. The minimum Gasteiger partial charge on any atom is -0.380 e. The standard InChI is InChI=1S/C11H21NO3/c1-12(10-4-8-13-9-10)5-3-11-14-6-2-7-15-11/h10-11H,2-9H2,1H3. The molecule has 2 fully saturated rings. The third kappa shape index (κ3) is 3.41. The lowest BCUT2D eigenvalue weighted by Crippen LogP contribution is -2.36. The Kier molecular flexibility index (Phi) is 4.38. The number of likely N-dealkylation sites (N-methyl/N-ethyl adjacent to an activating group) is 1. The quantitative estimate of drug-likeness (QED) is 0.696. The van der Waals surface area contributed by atoms with Gasteiger partial charge < -0.3 is 19.1 Å². The zero-order valence-corrected chi connectivity index (χ0v) is 9.48. The largest absolute Gasteiger partial charge is 0.380 e. The first-order chi connectivity index (χ1) is 7.36. The Hall–Kier alpha value is -0.160. The average molecular weight is 215 g/mol. The summed E-state index contributed by atoms with van der Waals surface area (Å²) in [5.41, 5.74) is 0. The van der Waals surface area contributed by atoms with Crippen LogP contribution in [0.5, 0.6) is 0 Å². The van der Waals surface area contributed by atoms with E-state index in [9.17, 15) is 0 Å². The second kappa shape index (κ2) is 5.80. The topological polar surface area (TPSA) is 30.9 Å². The van der Waals surface area contributed by atoms with Crippen LogP contribution in [0.4, 0.5) is 0 Å². The molecule has 0 spiro atoms. The van der Waals surface area contributed by atoms with E-state index in [-0.39, 0.29) is 6.29 Å². The molecule has 2 heterocycles. The van der Waals surface area contributed by atoms with E-state index < -0.39 is 0 Å². The molecule has 88 valence electrons. The van der Waals surface area contributed by atoms with Crippen molar-refractivity contribution in [2.75, 3.05) is 40.0 Å². The maximum Gasteiger partial charge on any atom is 0.158 e. The van der Waals surface area contributed by atoms with E-state index in [1.165, 1.54) is 0 Å². The van der Waals surface area contributed by atoms with Gasteiger partial charge in [-0.2, -0.15) is 0 Å². The van der Waals surface area contributed by atoms with Crippen molar-refractivity contribution in [3.8, 4) is 0 Å². The number of ether oxygens (including phenoxy) is 3. The zero-order chi connectivity index (χ0) is 10.5. The Balaban J connectivity index is 1.63. The van der Waals surface area contributed by atoms with Crippen LogP contribution in [-0.4, -0.2) is 57.3 Å². The number of hydrogen-bond acceptors (Lipinski definition) is 4. The van der Waals surface area contributed by atoms with Gasteiger partial charge in [0.25, 0.3) is 0 Å². The van der Waals surface area contributed by atoms with Gasteiger partial charge in [0, 0.05) is 25.6 Å². The summed E-state index contributed by atoms with van der Waals surface area (Å²) in [6, 6.07) is 0.591. The van der Waals surface area contributed by atoms with Crippen LogP contribution in [0.1, 0.15) is 19.3 Å². The van der Waals surface area contributed by atoms with Crippen molar-refractivity contribution in [3.63, 3.8) is 0 Å². The minimum atomic E-state index is 0.0171. The van der Waals surface area contributed by atoms with Gasteiger partial charge in [0.1, 0.15) is 0 Å². The Morgan fingerprint density at radius 1 is 1.20 bits per heavy atom. The Bertz CT molecular complexity index is 177. The van der Waals surface area contributed by atoms with E-state index in [4.69, 9.17) is 14.2 Å². The summed E-state index contributed by atoms with van der Waals surface area (Å²) in [6.45, 7) is 4.51. The molecule has 4 heteroatoms. The van der Waals surface area contributed by atoms with E-state index in [0.29, 0.717) is 6.04 Å². The average Bonchev–Trinajstić information content (AvgIpc) is 2.81. The third-order valence-corrected chi connectivity index (χ3v) is 3.14. The summed E-state index contributed by atoms with van der Waals surface area (Å²) in [4.78, 5) is 2.36. The fourth-order valence-corrected chi connectivity index (χ4v) is 2.06. The van der Waals surface area contributed by atoms with Crippen LogP contribution in [0.15, 0.2) is 0 Å². The van der Waals surface area contributed by atoms with E-state index in [1.807, 2.05) is 0 Å². The molecule has 2 saturated heterocycles. The predicted molar refractivity (Wildman–Crippen MR) is 56.8 cm³/mol. The van der Waals surface area contributed by atoms with Gasteiger partial charge in [-0.25, -0.2) is 0 Å². The van der Waals surface area contributed by atoms with Crippen LogP contribution < -0.4 is 0 Å². The fraction of sp³-hybridized carbons (Fsp3) is 1.00. The molecule has 4 nitrogen and oxygen atoms in total. The summed E-state index contributed by atoms with van der Waals surface area (Å²) >= 11 is 0. The summed E-state index contributed by atoms with van der Waals surface area (Å²) in [5, 5.41) is 0. The van der Waals surface area contributed by atoms with Crippen molar-refractivity contribution in [3.05, 3.63) is 0 Å². The first kappa shape index (κ1) is 11.3. The molecule has 0 aromatic heterocycles. The van der Waals surface area contributed by atoms with Gasteiger partial charge in [0.05, 0.1) is 19.8 Å². The van der Waals surface area contributed by atoms with Gasteiger partial charge in [0.15, 0.2) is 6.29 Å². The highest BCUT2D eigenvalue weighted by atomic mass is 16.7. The van der Waals surface area contributed by atoms with E-state index in [1.54, 1.807) is 0 Å². The lowest BCUT2D eigenvalue weighted by atomic mass is 10.2. The molecular weight excluding hydrogens is 194 g/mol. The predicted octanol–water partition coefficient (Wildman–Crippen LogP) is 0.860. The van der Waals surface area contributed by atoms with Crippen molar-refractivity contribution in [2.45, 2.75) is 31.6 Å².